The van der Waals surface area contributed by atoms with Crippen molar-refractivity contribution in [3.05, 3.63) is 29.8 Å². The molecule has 1 rings (SSSR count). The van der Waals surface area contributed by atoms with Crippen molar-refractivity contribution in [1.29, 1.82) is 0 Å². The lowest BCUT2D eigenvalue weighted by Crippen LogP contribution is -2.66. The van der Waals surface area contributed by atoms with Crippen molar-refractivity contribution in [3.8, 4) is 0 Å². The van der Waals surface area contributed by atoms with Crippen molar-refractivity contribution in [2.24, 2.45) is 5.73 Å². The van der Waals surface area contributed by atoms with Gasteiger partial charge in [-0.05, 0) is 25.5 Å². The van der Waals surface area contributed by atoms with Crippen LogP contribution in [0.3, 0.4) is 0 Å². The zero-order valence-electron chi connectivity index (χ0n) is 13.2. The SMILES string of the molecule is CC[C@@](NC(=O)O)(NC(=O)CCN)C(=O)Nc1ccc(C)cc1. The molecule has 0 aliphatic carbocycles. The maximum atomic E-state index is 12.5. The van der Waals surface area contributed by atoms with Crippen molar-refractivity contribution in [2.45, 2.75) is 32.4 Å². The number of carbonyl (C=O) groups is 3. The molecular formula is C15H22N4O4. The summed E-state index contributed by atoms with van der Waals surface area (Å²) in [5.74, 6) is -1.18. The Balaban J connectivity index is 3.00. The molecule has 0 radical (unpaired) electrons. The lowest BCUT2D eigenvalue weighted by atomic mass is 10.1. The van der Waals surface area contributed by atoms with Gasteiger partial charge in [0.15, 0.2) is 5.66 Å². The minimum atomic E-state index is -1.76. The molecule has 23 heavy (non-hydrogen) atoms. The van der Waals surface area contributed by atoms with Crippen LogP contribution in [-0.4, -0.2) is 35.2 Å². The van der Waals surface area contributed by atoms with Gasteiger partial charge < -0.3 is 21.5 Å². The molecule has 1 atom stereocenters. The van der Waals surface area contributed by atoms with Crippen LogP contribution in [0, 0.1) is 6.92 Å². The summed E-state index contributed by atoms with van der Waals surface area (Å²) in [6, 6.07) is 6.99. The Labute approximate surface area is 134 Å². The van der Waals surface area contributed by atoms with Crippen LogP contribution in [0.5, 0.6) is 0 Å². The Morgan fingerprint density at radius 2 is 1.78 bits per heavy atom. The van der Waals surface area contributed by atoms with E-state index in [-0.39, 0.29) is 19.4 Å². The molecule has 1 aromatic rings. The highest BCUT2D eigenvalue weighted by Gasteiger charge is 2.40. The summed E-state index contributed by atoms with van der Waals surface area (Å²) >= 11 is 0. The first-order chi connectivity index (χ1) is 10.8. The van der Waals surface area contributed by atoms with Gasteiger partial charge in [0.05, 0.1) is 0 Å². The molecular weight excluding hydrogens is 300 g/mol. The van der Waals surface area contributed by atoms with Crippen LogP contribution in [0.1, 0.15) is 25.3 Å². The topological polar surface area (TPSA) is 134 Å². The molecule has 0 unspecified atom stereocenters. The van der Waals surface area contributed by atoms with E-state index in [9.17, 15) is 14.4 Å². The Morgan fingerprint density at radius 1 is 1.17 bits per heavy atom. The number of amides is 3. The number of nitrogens with one attached hydrogen (secondary N) is 3. The quantitative estimate of drug-likeness (QED) is 0.473. The van der Waals surface area contributed by atoms with Crippen LogP contribution in [0.2, 0.25) is 0 Å². The van der Waals surface area contributed by atoms with Crippen molar-refractivity contribution in [1.82, 2.24) is 10.6 Å². The molecule has 0 saturated carbocycles. The van der Waals surface area contributed by atoms with E-state index >= 15 is 0 Å². The summed E-state index contributed by atoms with van der Waals surface area (Å²) in [6.07, 6.45) is -1.40. The maximum Gasteiger partial charge on any atom is 0.406 e. The smallest absolute Gasteiger partial charge is 0.406 e. The van der Waals surface area contributed by atoms with Crippen molar-refractivity contribution >= 4 is 23.6 Å². The second-order valence-electron chi connectivity index (χ2n) is 5.10. The molecule has 0 spiro atoms. The van der Waals surface area contributed by atoms with Crippen molar-refractivity contribution < 1.29 is 19.5 Å². The molecule has 0 bridgehead atoms. The zero-order valence-corrected chi connectivity index (χ0v) is 13.2. The van der Waals surface area contributed by atoms with Gasteiger partial charge in [-0.25, -0.2) is 4.79 Å². The number of carbonyl (C=O) groups excluding carboxylic acids is 2. The zero-order chi connectivity index (χ0) is 17.5. The molecule has 6 N–H and O–H groups in total. The number of nitrogens with two attached hydrogens (primary N) is 1. The first kappa shape index (κ1) is 18.4. The first-order valence-electron chi connectivity index (χ1n) is 7.23. The van der Waals surface area contributed by atoms with Crippen LogP contribution in [-0.2, 0) is 9.59 Å². The Kier molecular flexibility index (Phi) is 6.52. The van der Waals surface area contributed by atoms with Crippen LogP contribution in [0.4, 0.5) is 10.5 Å². The number of carboxylic acid groups (broad SMARTS) is 1. The van der Waals surface area contributed by atoms with Gasteiger partial charge in [0.25, 0.3) is 5.91 Å². The molecule has 0 fully saturated rings. The molecule has 0 saturated heterocycles. The van der Waals surface area contributed by atoms with E-state index in [1.807, 2.05) is 6.92 Å². The van der Waals surface area contributed by atoms with Gasteiger partial charge in [-0.3, -0.25) is 14.9 Å². The Bertz CT molecular complexity index is 573. The minimum absolute atomic E-state index is 0.0130. The third kappa shape index (κ3) is 5.26. The van der Waals surface area contributed by atoms with Crippen LogP contribution in [0.15, 0.2) is 24.3 Å². The van der Waals surface area contributed by atoms with Gasteiger partial charge in [-0.2, -0.15) is 0 Å². The largest absolute Gasteiger partial charge is 0.465 e. The average Bonchev–Trinajstić information content (AvgIpc) is 2.48. The maximum absolute atomic E-state index is 12.5. The number of hydrogen-bond donors (Lipinski definition) is 5. The van der Waals surface area contributed by atoms with Gasteiger partial charge in [0.2, 0.25) is 5.91 Å². The molecule has 126 valence electrons. The molecule has 8 nitrogen and oxygen atoms in total. The van der Waals surface area contributed by atoms with E-state index in [2.05, 4.69) is 16.0 Å². The Hall–Kier alpha value is -2.61. The molecule has 0 aromatic heterocycles. The van der Waals surface area contributed by atoms with Gasteiger partial charge in [-0.1, -0.05) is 24.6 Å². The summed E-state index contributed by atoms with van der Waals surface area (Å²) in [7, 11) is 0. The van der Waals surface area contributed by atoms with Crippen LogP contribution < -0.4 is 21.7 Å². The van der Waals surface area contributed by atoms with E-state index in [0.717, 1.165) is 5.56 Å². The number of benzene rings is 1. The highest BCUT2D eigenvalue weighted by Crippen LogP contribution is 2.14. The summed E-state index contributed by atoms with van der Waals surface area (Å²) in [5, 5.41) is 16.1. The van der Waals surface area contributed by atoms with Gasteiger partial charge in [0.1, 0.15) is 0 Å². The predicted molar refractivity (Wildman–Crippen MR) is 85.8 cm³/mol. The fraction of sp³-hybridized carbons (Fsp3) is 0.400. The molecule has 0 aliphatic heterocycles. The van der Waals surface area contributed by atoms with E-state index in [4.69, 9.17) is 10.8 Å². The summed E-state index contributed by atoms with van der Waals surface area (Å²) < 4.78 is 0. The molecule has 0 aliphatic rings. The van der Waals surface area contributed by atoms with E-state index < -0.39 is 23.6 Å². The summed E-state index contributed by atoms with van der Waals surface area (Å²) in [4.78, 5) is 35.4. The van der Waals surface area contributed by atoms with E-state index in [1.54, 1.807) is 31.2 Å². The highest BCUT2D eigenvalue weighted by molar-refractivity contribution is 6.01. The number of aryl methyl sites for hydroxylation is 1. The molecule has 8 heteroatoms. The van der Waals surface area contributed by atoms with Gasteiger partial charge in [-0.15, -0.1) is 0 Å². The van der Waals surface area contributed by atoms with Crippen molar-refractivity contribution in [2.75, 3.05) is 11.9 Å². The van der Waals surface area contributed by atoms with Gasteiger partial charge in [0, 0.05) is 18.7 Å². The monoisotopic (exact) mass is 322 g/mol. The average molecular weight is 322 g/mol. The third-order valence-electron chi connectivity index (χ3n) is 3.27. The number of hydrogen-bond acceptors (Lipinski definition) is 4. The van der Waals surface area contributed by atoms with E-state index in [1.165, 1.54) is 0 Å². The van der Waals surface area contributed by atoms with E-state index in [0.29, 0.717) is 5.69 Å². The highest BCUT2D eigenvalue weighted by atomic mass is 16.4. The molecule has 3 amide bonds. The van der Waals surface area contributed by atoms with Crippen molar-refractivity contribution in [3.63, 3.8) is 0 Å². The normalized spacial score (nSPS) is 12.8. The predicted octanol–water partition coefficient (Wildman–Crippen LogP) is 0.772. The second-order valence-corrected chi connectivity index (χ2v) is 5.10. The fourth-order valence-electron chi connectivity index (χ4n) is 1.97. The first-order valence-corrected chi connectivity index (χ1v) is 7.23. The molecule has 1 aromatic carbocycles. The van der Waals surface area contributed by atoms with Crippen LogP contribution >= 0.6 is 0 Å². The third-order valence-corrected chi connectivity index (χ3v) is 3.27. The number of rotatable bonds is 7. The number of anilines is 1. The lowest BCUT2D eigenvalue weighted by molar-refractivity contribution is -0.131. The summed E-state index contributed by atoms with van der Waals surface area (Å²) in [5.41, 5.74) is 5.06. The van der Waals surface area contributed by atoms with Gasteiger partial charge >= 0.3 is 6.09 Å². The standard InChI is InChI=1S/C15H22N4O4/c1-3-15(19-14(22)23,18-12(20)8-9-16)13(21)17-11-6-4-10(2)5-7-11/h4-7,19H,3,8-9,16H2,1-2H3,(H,17,21)(H,18,20)(H,22,23)/t15-/m0/s1. The second kappa shape index (κ2) is 8.14. The minimum Gasteiger partial charge on any atom is -0.465 e. The lowest BCUT2D eigenvalue weighted by Gasteiger charge is -2.32. The fourth-order valence-corrected chi connectivity index (χ4v) is 1.97. The van der Waals surface area contributed by atoms with Crippen LogP contribution in [0.25, 0.3) is 0 Å². The molecule has 0 heterocycles. The summed E-state index contributed by atoms with van der Waals surface area (Å²) in [6.45, 7) is 3.59. The Morgan fingerprint density at radius 3 is 2.26 bits per heavy atom.